The van der Waals surface area contributed by atoms with Gasteiger partial charge >= 0.3 is 0 Å². The molecular formula is C21H27N3O3. The number of rotatable bonds is 6. The molecule has 2 amide bonds. The van der Waals surface area contributed by atoms with Gasteiger partial charge in [0.2, 0.25) is 5.91 Å². The molecule has 144 valence electrons. The average molecular weight is 369 g/mol. The zero-order chi connectivity index (χ0) is 19.2. The smallest absolute Gasteiger partial charge is 0.253 e. The summed E-state index contributed by atoms with van der Waals surface area (Å²) in [6.45, 7) is 5.90. The van der Waals surface area contributed by atoms with Gasteiger partial charge in [0.05, 0.1) is 5.69 Å². The molecule has 0 aliphatic carbocycles. The molecule has 1 aliphatic rings. The van der Waals surface area contributed by atoms with Gasteiger partial charge in [-0.15, -0.1) is 0 Å². The summed E-state index contributed by atoms with van der Waals surface area (Å²) in [7, 11) is 0. The van der Waals surface area contributed by atoms with Gasteiger partial charge in [-0.05, 0) is 57.2 Å². The average Bonchev–Trinajstić information content (AvgIpc) is 3.03. The van der Waals surface area contributed by atoms with Crippen LogP contribution in [0, 0.1) is 13.8 Å². The van der Waals surface area contributed by atoms with Crippen LogP contribution < -0.4 is 5.32 Å². The van der Waals surface area contributed by atoms with Crippen molar-refractivity contribution in [1.82, 2.24) is 15.4 Å². The van der Waals surface area contributed by atoms with Gasteiger partial charge in [-0.2, -0.15) is 0 Å². The summed E-state index contributed by atoms with van der Waals surface area (Å²) < 4.78 is 5.12. The van der Waals surface area contributed by atoms with Crippen molar-refractivity contribution < 1.29 is 14.1 Å². The lowest BCUT2D eigenvalue weighted by atomic mass is 10.1. The second-order valence-corrected chi connectivity index (χ2v) is 7.13. The molecule has 0 atom stereocenters. The number of piperidine rings is 1. The lowest BCUT2D eigenvalue weighted by molar-refractivity contribution is -0.121. The molecule has 6 nitrogen and oxygen atoms in total. The van der Waals surface area contributed by atoms with E-state index in [2.05, 4.69) is 10.5 Å². The Morgan fingerprint density at radius 1 is 1.11 bits per heavy atom. The highest BCUT2D eigenvalue weighted by Crippen LogP contribution is 2.15. The number of nitrogens with zero attached hydrogens (tertiary/aromatic N) is 2. The molecule has 1 aliphatic heterocycles. The van der Waals surface area contributed by atoms with Crippen LogP contribution in [0.25, 0.3) is 0 Å². The lowest BCUT2D eigenvalue weighted by Crippen LogP contribution is -2.35. The first kappa shape index (κ1) is 19.1. The molecule has 6 heteroatoms. The van der Waals surface area contributed by atoms with E-state index in [-0.39, 0.29) is 11.8 Å². The Kier molecular flexibility index (Phi) is 6.27. The molecule has 0 unspecified atom stereocenters. The molecule has 1 aromatic heterocycles. The quantitative estimate of drug-likeness (QED) is 0.849. The van der Waals surface area contributed by atoms with Crippen molar-refractivity contribution in [2.45, 2.75) is 52.5 Å². The Labute approximate surface area is 159 Å². The number of hydrogen-bond acceptors (Lipinski definition) is 4. The van der Waals surface area contributed by atoms with E-state index < -0.39 is 0 Å². The van der Waals surface area contributed by atoms with Gasteiger partial charge in [0, 0.05) is 37.2 Å². The molecule has 2 heterocycles. The number of likely N-dealkylation sites (tertiary alicyclic amines) is 1. The van der Waals surface area contributed by atoms with Crippen LogP contribution in [0.15, 0.2) is 28.8 Å². The highest BCUT2D eigenvalue weighted by molar-refractivity contribution is 5.94. The number of aromatic nitrogens is 1. The third-order valence-electron chi connectivity index (χ3n) is 5.12. The number of hydrogen-bond donors (Lipinski definition) is 1. The fourth-order valence-electron chi connectivity index (χ4n) is 3.43. The van der Waals surface area contributed by atoms with Gasteiger partial charge in [0.25, 0.3) is 5.91 Å². The molecule has 0 spiro atoms. The van der Waals surface area contributed by atoms with Crippen LogP contribution in [0.1, 0.15) is 58.6 Å². The van der Waals surface area contributed by atoms with Gasteiger partial charge in [-0.25, -0.2) is 0 Å². The maximum absolute atomic E-state index is 12.5. The monoisotopic (exact) mass is 369 g/mol. The van der Waals surface area contributed by atoms with Crippen molar-refractivity contribution >= 4 is 11.8 Å². The van der Waals surface area contributed by atoms with Crippen molar-refractivity contribution in [3.63, 3.8) is 0 Å². The van der Waals surface area contributed by atoms with E-state index in [4.69, 9.17) is 4.52 Å². The molecule has 1 N–H and O–H groups in total. The largest absolute Gasteiger partial charge is 0.361 e. The predicted octanol–water partition coefficient (Wildman–Crippen LogP) is 3.17. The van der Waals surface area contributed by atoms with Crippen LogP contribution in [-0.4, -0.2) is 35.0 Å². The molecule has 0 radical (unpaired) electrons. The minimum absolute atomic E-state index is 0.0107. The molecule has 1 aromatic carbocycles. The first-order valence-electron chi connectivity index (χ1n) is 9.61. The van der Waals surface area contributed by atoms with Crippen molar-refractivity contribution in [1.29, 1.82) is 0 Å². The highest BCUT2D eigenvalue weighted by atomic mass is 16.5. The summed E-state index contributed by atoms with van der Waals surface area (Å²) in [5.74, 6) is 0.863. The summed E-state index contributed by atoms with van der Waals surface area (Å²) in [4.78, 5) is 26.5. The molecule has 1 saturated heterocycles. The number of carbonyl (C=O) groups is 2. The Hall–Kier alpha value is -2.63. The second-order valence-electron chi connectivity index (χ2n) is 7.13. The van der Waals surface area contributed by atoms with Crippen LogP contribution in [0.4, 0.5) is 0 Å². The van der Waals surface area contributed by atoms with E-state index in [9.17, 15) is 9.59 Å². The number of amides is 2. The second kappa shape index (κ2) is 8.84. The molecular weight excluding hydrogens is 342 g/mol. The van der Waals surface area contributed by atoms with Gasteiger partial charge in [-0.1, -0.05) is 17.3 Å². The summed E-state index contributed by atoms with van der Waals surface area (Å²) in [6.07, 6.45) is 4.40. The SMILES string of the molecule is Cc1noc(C)c1CCC(=O)NCc1ccc(C(=O)N2CCCCC2)cc1. The van der Waals surface area contributed by atoms with Crippen LogP contribution in [0.2, 0.25) is 0 Å². The van der Waals surface area contributed by atoms with Crippen molar-refractivity contribution in [3.05, 3.63) is 52.4 Å². The third-order valence-corrected chi connectivity index (χ3v) is 5.12. The highest BCUT2D eigenvalue weighted by Gasteiger charge is 2.18. The van der Waals surface area contributed by atoms with Crippen LogP contribution in [-0.2, 0) is 17.8 Å². The summed E-state index contributed by atoms with van der Waals surface area (Å²) in [6, 6.07) is 7.52. The number of aryl methyl sites for hydroxylation is 2. The lowest BCUT2D eigenvalue weighted by Gasteiger charge is -2.26. The van der Waals surface area contributed by atoms with E-state index in [0.717, 1.165) is 48.5 Å². The predicted molar refractivity (Wildman–Crippen MR) is 102 cm³/mol. The summed E-state index contributed by atoms with van der Waals surface area (Å²) in [5, 5.41) is 6.83. The Bertz CT molecular complexity index is 770. The molecule has 0 bridgehead atoms. The molecule has 2 aromatic rings. The first-order chi connectivity index (χ1) is 13.0. The number of nitrogens with one attached hydrogen (secondary N) is 1. The minimum Gasteiger partial charge on any atom is -0.361 e. The Morgan fingerprint density at radius 3 is 2.44 bits per heavy atom. The van der Waals surface area contributed by atoms with E-state index in [0.29, 0.717) is 24.9 Å². The van der Waals surface area contributed by atoms with Crippen LogP contribution >= 0.6 is 0 Å². The van der Waals surface area contributed by atoms with E-state index in [1.54, 1.807) is 0 Å². The standard InChI is InChI=1S/C21H27N3O3/c1-15-19(16(2)27-23-15)10-11-20(25)22-14-17-6-8-18(9-7-17)21(26)24-12-4-3-5-13-24/h6-9H,3-5,10-14H2,1-2H3,(H,22,25). The third kappa shape index (κ3) is 4.96. The number of benzene rings is 1. The zero-order valence-corrected chi connectivity index (χ0v) is 16.1. The normalized spacial score (nSPS) is 14.2. The van der Waals surface area contributed by atoms with Gasteiger partial charge in [0.15, 0.2) is 0 Å². The molecule has 3 rings (SSSR count). The van der Waals surface area contributed by atoms with E-state index in [1.165, 1.54) is 6.42 Å². The fourth-order valence-corrected chi connectivity index (χ4v) is 3.43. The van der Waals surface area contributed by atoms with Gasteiger partial charge in [0.1, 0.15) is 5.76 Å². The van der Waals surface area contributed by atoms with Crippen LogP contribution in [0.5, 0.6) is 0 Å². The van der Waals surface area contributed by atoms with E-state index >= 15 is 0 Å². The Balaban J connectivity index is 1.46. The molecule has 27 heavy (non-hydrogen) atoms. The van der Waals surface area contributed by atoms with E-state index in [1.807, 2.05) is 43.0 Å². The fraction of sp³-hybridized carbons (Fsp3) is 0.476. The maximum atomic E-state index is 12.5. The zero-order valence-electron chi connectivity index (χ0n) is 16.1. The van der Waals surface area contributed by atoms with Crippen molar-refractivity contribution in [2.75, 3.05) is 13.1 Å². The van der Waals surface area contributed by atoms with Gasteiger partial charge in [-0.3, -0.25) is 9.59 Å². The summed E-state index contributed by atoms with van der Waals surface area (Å²) >= 11 is 0. The number of carbonyl (C=O) groups excluding carboxylic acids is 2. The summed E-state index contributed by atoms with van der Waals surface area (Å²) in [5.41, 5.74) is 3.54. The van der Waals surface area contributed by atoms with Crippen molar-refractivity contribution in [3.8, 4) is 0 Å². The first-order valence-corrected chi connectivity index (χ1v) is 9.61. The van der Waals surface area contributed by atoms with Crippen LogP contribution in [0.3, 0.4) is 0 Å². The minimum atomic E-state index is -0.0107. The van der Waals surface area contributed by atoms with Crippen molar-refractivity contribution in [2.24, 2.45) is 0 Å². The maximum Gasteiger partial charge on any atom is 0.253 e. The Morgan fingerprint density at radius 2 is 1.81 bits per heavy atom. The molecule has 1 fully saturated rings. The topological polar surface area (TPSA) is 75.4 Å². The van der Waals surface area contributed by atoms with Gasteiger partial charge < -0.3 is 14.7 Å². The molecule has 0 saturated carbocycles.